The van der Waals surface area contributed by atoms with Gasteiger partial charge in [0, 0.05) is 18.4 Å². The lowest BCUT2D eigenvalue weighted by atomic mass is 10.2. The second-order valence-corrected chi connectivity index (χ2v) is 9.51. The predicted octanol–water partition coefficient (Wildman–Crippen LogP) is 3.27. The van der Waals surface area contributed by atoms with Gasteiger partial charge < -0.3 is 14.5 Å². The van der Waals surface area contributed by atoms with Gasteiger partial charge >= 0.3 is 0 Å². The fourth-order valence-electron chi connectivity index (χ4n) is 2.96. The van der Waals surface area contributed by atoms with Gasteiger partial charge in [0.05, 0.1) is 39.9 Å². The van der Waals surface area contributed by atoms with Crippen molar-refractivity contribution in [3.8, 4) is 5.75 Å². The normalized spacial score (nSPS) is 14.1. The topological polar surface area (TPSA) is 102 Å². The number of fused-ring (bicyclic) bond motifs is 1. The van der Waals surface area contributed by atoms with Gasteiger partial charge in [-0.05, 0) is 37.1 Å². The van der Waals surface area contributed by atoms with Gasteiger partial charge in [0.15, 0.2) is 5.65 Å². The quantitative estimate of drug-likeness (QED) is 0.553. The molecule has 2 aromatic heterocycles. The van der Waals surface area contributed by atoms with Crippen LogP contribution >= 0.6 is 23.2 Å². The maximum absolute atomic E-state index is 12.6. The molecule has 1 aromatic carbocycles. The molecule has 3 aromatic rings. The largest absolute Gasteiger partial charge is 0.495 e. The number of halogens is 2. The average molecular weight is 469 g/mol. The third kappa shape index (κ3) is 4.54. The number of nitrogens with one attached hydrogen (secondary N) is 2. The van der Waals surface area contributed by atoms with E-state index < -0.39 is 10.0 Å². The molecule has 11 heteroatoms. The third-order valence-corrected chi connectivity index (χ3v) is 6.52. The Bertz CT molecular complexity index is 1240. The first-order chi connectivity index (χ1) is 14.2. The minimum atomic E-state index is -3.67. The standard InChI is InChI=1S/C19H18Cl2N4O4S/c1-29-17-5-4-14(30(27,28)24-12-2-3-12)8-16(17)23-18(26)7-13-10-25-9-11(20)6-15(21)19(25)22-13/h4-6,8-10,12,24H,2-3,7H2,1H3,(H,23,26). The van der Waals surface area contributed by atoms with E-state index in [0.29, 0.717) is 27.1 Å². The summed E-state index contributed by atoms with van der Waals surface area (Å²) >= 11 is 12.1. The lowest BCUT2D eigenvalue weighted by Gasteiger charge is -2.12. The Morgan fingerprint density at radius 1 is 1.27 bits per heavy atom. The third-order valence-electron chi connectivity index (χ3n) is 4.52. The lowest BCUT2D eigenvalue weighted by Crippen LogP contribution is -2.26. The van der Waals surface area contributed by atoms with Gasteiger partial charge in [-0.3, -0.25) is 4.79 Å². The number of carbonyl (C=O) groups excluding carboxylic acids is 1. The molecule has 2 heterocycles. The number of pyridine rings is 1. The van der Waals surface area contributed by atoms with Crippen LogP contribution in [0.5, 0.6) is 5.75 Å². The molecule has 1 aliphatic carbocycles. The van der Waals surface area contributed by atoms with Crippen molar-refractivity contribution in [2.75, 3.05) is 12.4 Å². The number of aromatic nitrogens is 2. The Kier molecular flexibility index (Phi) is 5.63. The van der Waals surface area contributed by atoms with E-state index in [1.54, 1.807) is 22.9 Å². The summed E-state index contributed by atoms with van der Waals surface area (Å²) in [7, 11) is -2.23. The van der Waals surface area contributed by atoms with Crippen LogP contribution in [0.3, 0.4) is 0 Å². The van der Waals surface area contributed by atoms with Crippen LogP contribution in [0.2, 0.25) is 10.0 Å². The molecule has 0 aliphatic heterocycles. The van der Waals surface area contributed by atoms with Gasteiger partial charge in [-0.2, -0.15) is 0 Å². The first kappa shape index (κ1) is 20.9. The van der Waals surface area contributed by atoms with Crippen molar-refractivity contribution in [3.05, 3.63) is 52.4 Å². The molecular formula is C19H18Cl2N4O4S. The molecule has 1 aliphatic rings. The number of hydrogen-bond acceptors (Lipinski definition) is 5. The van der Waals surface area contributed by atoms with Crippen molar-refractivity contribution < 1.29 is 17.9 Å². The number of sulfonamides is 1. The summed E-state index contributed by atoms with van der Waals surface area (Å²) < 4.78 is 34.4. The molecule has 0 radical (unpaired) electrons. The summed E-state index contributed by atoms with van der Waals surface area (Å²) in [4.78, 5) is 17.0. The van der Waals surface area contributed by atoms with E-state index in [1.165, 1.54) is 25.3 Å². The van der Waals surface area contributed by atoms with Crippen molar-refractivity contribution in [2.24, 2.45) is 0 Å². The zero-order valence-electron chi connectivity index (χ0n) is 15.9. The van der Waals surface area contributed by atoms with Crippen molar-refractivity contribution in [1.29, 1.82) is 0 Å². The highest BCUT2D eigenvalue weighted by Crippen LogP contribution is 2.29. The highest BCUT2D eigenvalue weighted by atomic mass is 35.5. The average Bonchev–Trinajstić information content (AvgIpc) is 3.38. The fraction of sp³-hybridized carbons (Fsp3) is 0.263. The highest BCUT2D eigenvalue weighted by Gasteiger charge is 2.28. The summed E-state index contributed by atoms with van der Waals surface area (Å²) in [6.45, 7) is 0. The molecule has 1 amide bonds. The Morgan fingerprint density at radius 3 is 2.73 bits per heavy atom. The summed E-state index contributed by atoms with van der Waals surface area (Å²) in [5, 5.41) is 3.52. The number of ether oxygens (including phenoxy) is 1. The number of anilines is 1. The number of hydrogen-bond donors (Lipinski definition) is 2. The van der Waals surface area contributed by atoms with Crippen LogP contribution in [0.4, 0.5) is 5.69 Å². The summed E-state index contributed by atoms with van der Waals surface area (Å²) in [6, 6.07) is 5.87. The van der Waals surface area contributed by atoms with Crippen LogP contribution in [0.25, 0.3) is 5.65 Å². The van der Waals surface area contributed by atoms with Crippen LogP contribution in [-0.2, 0) is 21.2 Å². The SMILES string of the molecule is COc1ccc(S(=O)(=O)NC2CC2)cc1NC(=O)Cc1cn2cc(Cl)cc(Cl)c2n1. The molecule has 0 atom stereocenters. The van der Waals surface area contributed by atoms with Crippen molar-refractivity contribution in [2.45, 2.75) is 30.2 Å². The summed E-state index contributed by atoms with van der Waals surface area (Å²) in [5.74, 6) is -0.0397. The number of rotatable bonds is 7. The second-order valence-electron chi connectivity index (χ2n) is 6.95. The van der Waals surface area contributed by atoms with E-state index in [0.717, 1.165) is 12.8 Å². The van der Waals surface area contributed by atoms with Gasteiger partial charge in [-0.1, -0.05) is 23.2 Å². The molecule has 8 nitrogen and oxygen atoms in total. The molecule has 30 heavy (non-hydrogen) atoms. The van der Waals surface area contributed by atoms with Crippen molar-refractivity contribution >= 4 is 50.5 Å². The van der Waals surface area contributed by atoms with Crippen LogP contribution in [0.15, 0.2) is 41.6 Å². The number of benzene rings is 1. The Labute approximate surface area is 183 Å². The van der Waals surface area contributed by atoms with Crippen LogP contribution in [-0.4, -0.2) is 36.9 Å². The second kappa shape index (κ2) is 8.07. The van der Waals surface area contributed by atoms with Crippen LogP contribution in [0, 0.1) is 0 Å². The van der Waals surface area contributed by atoms with E-state index in [4.69, 9.17) is 27.9 Å². The molecular weight excluding hydrogens is 451 g/mol. The van der Waals surface area contributed by atoms with Crippen LogP contribution in [0.1, 0.15) is 18.5 Å². The Balaban J connectivity index is 1.55. The maximum Gasteiger partial charge on any atom is 0.240 e. The van der Waals surface area contributed by atoms with E-state index in [9.17, 15) is 13.2 Å². The zero-order chi connectivity index (χ0) is 21.5. The van der Waals surface area contributed by atoms with Gasteiger partial charge in [-0.25, -0.2) is 18.1 Å². The van der Waals surface area contributed by atoms with Gasteiger partial charge in [0.2, 0.25) is 15.9 Å². The molecule has 0 spiro atoms. The monoisotopic (exact) mass is 468 g/mol. The molecule has 158 valence electrons. The van der Waals surface area contributed by atoms with E-state index in [1.807, 2.05) is 0 Å². The Morgan fingerprint density at radius 2 is 2.03 bits per heavy atom. The molecule has 0 saturated heterocycles. The Hall–Kier alpha value is -2.33. The van der Waals surface area contributed by atoms with E-state index in [2.05, 4.69) is 15.0 Å². The highest BCUT2D eigenvalue weighted by molar-refractivity contribution is 7.89. The van der Waals surface area contributed by atoms with Crippen molar-refractivity contribution in [1.82, 2.24) is 14.1 Å². The molecule has 2 N–H and O–H groups in total. The first-order valence-corrected chi connectivity index (χ1v) is 11.3. The van der Waals surface area contributed by atoms with Crippen LogP contribution < -0.4 is 14.8 Å². The minimum Gasteiger partial charge on any atom is -0.495 e. The number of nitrogens with zero attached hydrogens (tertiary/aromatic N) is 2. The number of imidazole rings is 1. The molecule has 4 rings (SSSR count). The smallest absolute Gasteiger partial charge is 0.240 e. The molecule has 0 unspecified atom stereocenters. The number of amides is 1. The van der Waals surface area contributed by atoms with E-state index in [-0.39, 0.29) is 29.0 Å². The zero-order valence-corrected chi connectivity index (χ0v) is 18.2. The lowest BCUT2D eigenvalue weighted by molar-refractivity contribution is -0.115. The summed E-state index contributed by atoms with van der Waals surface area (Å²) in [5.41, 5.74) is 1.22. The van der Waals surface area contributed by atoms with Gasteiger partial charge in [-0.15, -0.1) is 0 Å². The van der Waals surface area contributed by atoms with E-state index >= 15 is 0 Å². The molecule has 0 bridgehead atoms. The minimum absolute atomic E-state index is 0.0227. The molecule has 1 fully saturated rings. The molecule has 1 saturated carbocycles. The number of carbonyl (C=O) groups is 1. The fourth-order valence-corrected chi connectivity index (χ4v) is 4.82. The summed E-state index contributed by atoms with van der Waals surface area (Å²) in [6.07, 6.45) is 4.91. The first-order valence-electron chi connectivity index (χ1n) is 9.08. The maximum atomic E-state index is 12.6. The van der Waals surface area contributed by atoms with Gasteiger partial charge in [0.25, 0.3) is 0 Å². The van der Waals surface area contributed by atoms with Crippen molar-refractivity contribution in [3.63, 3.8) is 0 Å². The van der Waals surface area contributed by atoms with Gasteiger partial charge in [0.1, 0.15) is 5.75 Å². The predicted molar refractivity (Wildman–Crippen MR) is 114 cm³/mol. The number of methoxy groups -OCH3 is 1.